The minimum Gasteiger partial charge on any atom is -0.358 e. The molecule has 2 heterocycles. The minimum atomic E-state index is -0.0726. The van der Waals surface area contributed by atoms with Crippen LogP contribution in [0, 0.1) is 20.8 Å². The second kappa shape index (κ2) is 7.65. The van der Waals surface area contributed by atoms with Crippen molar-refractivity contribution in [3.63, 3.8) is 0 Å². The molecule has 0 spiro atoms. The number of carbonyl (C=O) groups excluding carboxylic acids is 1. The van der Waals surface area contributed by atoms with Crippen LogP contribution in [0.25, 0.3) is 10.9 Å². The lowest BCUT2D eigenvalue weighted by molar-refractivity contribution is -0.117. The molecule has 0 saturated heterocycles. The Morgan fingerprint density at radius 1 is 1.17 bits per heavy atom. The number of nitrogens with zero attached hydrogens (tertiary/aromatic N) is 1. The zero-order valence-corrected chi connectivity index (χ0v) is 17.6. The normalized spacial score (nSPS) is 14.1. The molecule has 0 radical (unpaired) electrons. The van der Waals surface area contributed by atoms with E-state index in [2.05, 4.69) is 10.3 Å². The highest BCUT2D eigenvalue weighted by molar-refractivity contribution is 6.32. The van der Waals surface area contributed by atoms with Crippen LogP contribution in [0.3, 0.4) is 0 Å². The van der Waals surface area contributed by atoms with Gasteiger partial charge in [-0.25, -0.2) is 0 Å². The van der Waals surface area contributed by atoms with E-state index in [0.717, 1.165) is 33.6 Å². The van der Waals surface area contributed by atoms with Crippen LogP contribution in [0.1, 0.15) is 27.9 Å². The number of aryl methyl sites for hydroxylation is 3. The van der Waals surface area contributed by atoms with Gasteiger partial charge in [-0.1, -0.05) is 17.7 Å². The number of aromatic nitrogens is 1. The Morgan fingerprint density at radius 3 is 2.72 bits per heavy atom. The van der Waals surface area contributed by atoms with Crippen molar-refractivity contribution in [1.29, 1.82) is 0 Å². The summed E-state index contributed by atoms with van der Waals surface area (Å²) in [4.78, 5) is 31.0. The van der Waals surface area contributed by atoms with Gasteiger partial charge >= 0.3 is 0 Å². The maximum atomic E-state index is 13.0. The number of pyridine rings is 1. The molecule has 2 aromatic carbocycles. The van der Waals surface area contributed by atoms with Gasteiger partial charge in [-0.2, -0.15) is 0 Å². The molecule has 4 rings (SSSR count). The van der Waals surface area contributed by atoms with E-state index < -0.39 is 0 Å². The van der Waals surface area contributed by atoms with Crippen LogP contribution >= 0.6 is 11.6 Å². The number of rotatable bonds is 3. The van der Waals surface area contributed by atoms with Crippen LogP contribution in [0.4, 0.5) is 5.69 Å². The third-order valence-corrected chi connectivity index (χ3v) is 6.18. The number of H-pyrrole nitrogens is 1. The summed E-state index contributed by atoms with van der Waals surface area (Å²) in [5, 5.41) is 4.25. The molecule has 0 saturated carbocycles. The minimum absolute atomic E-state index is 0.0211. The summed E-state index contributed by atoms with van der Waals surface area (Å²) in [6, 6.07) is 9.42. The van der Waals surface area contributed by atoms with Crippen LogP contribution in [-0.4, -0.2) is 28.9 Å². The Bertz CT molecular complexity index is 1180. The lowest BCUT2D eigenvalue weighted by Gasteiger charge is -2.28. The highest BCUT2D eigenvalue weighted by Gasteiger charge is 2.23. The van der Waals surface area contributed by atoms with Crippen LogP contribution in [0.2, 0.25) is 5.02 Å². The number of aromatic amines is 1. The van der Waals surface area contributed by atoms with E-state index in [9.17, 15) is 9.59 Å². The molecule has 0 bridgehead atoms. The van der Waals surface area contributed by atoms with Crippen molar-refractivity contribution in [2.75, 3.05) is 18.4 Å². The van der Waals surface area contributed by atoms with Gasteiger partial charge in [0.1, 0.15) is 0 Å². The van der Waals surface area contributed by atoms with E-state index in [4.69, 9.17) is 11.6 Å². The first kappa shape index (κ1) is 19.7. The monoisotopic (exact) mass is 409 g/mol. The third-order valence-electron chi connectivity index (χ3n) is 5.78. The number of halogens is 1. The Morgan fingerprint density at radius 2 is 1.97 bits per heavy atom. The standard InChI is InChI=1S/C23H24ClN3O2/c1-13-4-5-16(10-14(13)2)25-21(28)12-27-9-8-20-18(11-27)23(29)17-6-7-19(24)15(3)22(17)26-20/h4-7,10H,8-9,11-12H2,1-3H3,(H,25,28)(H,26,29). The molecule has 2 N–H and O–H groups in total. The molecule has 0 aliphatic carbocycles. The largest absolute Gasteiger partial charge is 0.358 e. The second-order valence-electron chi connectivity index (χ2n) is 7.81. The van der Waals surface area contributed by atoms with Crippen molar-refractivity contribution in [2.45, 2.75) is 33.7 Å². The Kier molecular flexibility index (Phi) is 5.19. The number of hydrogen-bond acceptors (Lipinski definition) is 3. The Hall–Kier alpha value is -2.63. The summed E-state index contributed by atoms with van der Waals surface area (Å²) >= 11 is 6.21. The molecule has 3 aromatic rings. The van der Waals surface area contributed by atoms with Gasteiger partial charge < -0.3 is 10.3 Å². The number of fused-ring (bicyclic) bond motifs is 2. The molecule has 1 aliphatic rings. The summed E-state index contributed by atoms with van der Waals surface area (Å²) in [6.07, 6.45) is 0.698. The predicted molar refractivity (Wildman–Crippen MR) is 118 cm³/mol. The summed E-state index contributed by atoms with van der Waals surface area (Å²) in [5.41, 5.74) is 6.53. The molecule has 1 amide bonds. The van der Waals surface area contributed by atoms with Gasteiger partial charge in [0.15, 0.2) is 5.43 Å². The first-order valence-electron chi connectivity index (χ1n) is 9.76. The van der Waals surface area contributed by atoms with Gasteiger partial charge in [-0.15, -0.1) is 0 Å². The number of nitrogens with one attached hydrogen (secondary N) is 2. The average Bonchev–Trinajstić information content (AvgIpc) is 2.68. The van der Waals surface area contributed by atoms with Gasteiger partial charge in [0.05, 0.1) is 12.1 Å². The average molecular weight is 410 g/mol. The number of hydrogen-bond donors (Lipinski definition) is 2. The Balaban J connectivity index is 1.53. The highest BCUT2D eigenvalue weighted by atomic mass is 35.5. The summed E-state index contributed by atoms with van der Waals surface area (Å²) in [7, 11) is 0. The molecule has 6 heteroatoms. The number of carbonyl (C=O) groups is 1. The molecule has 5 nitrogen and oxygen atoms in total. The summed E-state index contributed by atoms with van der Waals surface area (Å²) in [5.74, 6) is -0.0726. The van der Waals surface area contributed by atoms with E-state index in [1.54, 1.807) is 12.1 Å². The van der Waals surface area contributed by atoms with Crippen molar-refractivity contribution in [3.8, 4) is 0 Å². The van der Waals surface area contributed by atoms with Gasteiger partial charge in [0.25, 0.3) is 0 Å². The third kappa shape index (κ3) is 3.80. The van der Waals surface area contributed by atoms with E-state index in [1.165, 1.54) is 5.56 Å². The number of anilines is 1. The first-order valence-corrected chi connectivity index (χ1v) is 10.1. The van der Waals surface area contributed by atoms with E-state index >= 15 is 0 Å². The molecule has 1 aliphatic heterocycles. The quantitative estimate of drug-likeness (QED) is 0.684. The maximum Gasteiger partial charge on any atom is 0.238 e. The van der Waals surface area contributed by atoms with E-state index in [-0.39, 0.29) is 17.9 Å². The lowest BCUT2D eigenvalue weighted by Crippen LogP contribution is -2.39. The molecular formula is C23H24ClN3O2. The van der Waals surface area contributed by atoms with Crippen molar-refractivity contribution in [1.82, 2.24) is 9.88 Å². The molecule has 29 heavy (non-hydrogen) atoms. The summed E-state index contributed by atoms with van der Waals surface area (Å²) < 4.78 is 0. The molecule has 0 unspecified atom stereocenters. The maximum absolute atomic E-state index is 13.0. The number of benzene rings is 2. The fourth-order valence-electron chi connectivity index (χ4n) is 3.87. The molecule has 0 atom stereocenters. The molecule has 0 fully saturated rings. The number of amides is 1. The van der Waals surface area contributed by atoms with Gasteiger partial charge in [-0.05, 0) is 61.7 Å². The fraction of sp³-hybridized carbons (Fsp3) is 0.304. The van der Waals surface area contributed by atoms with E-state index in [1.807, 2.05) is 43.9 Å². The van der Waals surface area contributed by atoms with Crippen molar-refractivity contribution in [2.24, 2.45) is 0 Å². The topological polar surface area (TPSA) is 65.2 Å². The SMILES string of the molecule is Cc1ccc(NC(=O)CN2CCc3[nH]c4c(C)c(Cl)ccc4c(=O)c3C2)cc1C. The molecular weight excluding hydrogens is 386 g/mol. The van der Waals surface area contributed by atoms with Crippen molar-refractivity contribution < 1.29 is 4.79 Å². The lowest BCUT2D eigenvalue weighted by atomic mass is 10.0. The fourth-order valence-corrected chi connectivity index (χ4v) is 4.03. The van der Waals surface area contributed by atoms with Gasteiger partial charge in [-0.3, -0.25) is 14.5 Å². The summed E-state index contributed by atoms with van der Waals surface area (Å²) in [6.45, 7) is 7.42. The van der Waals surface area contributed by atoms with Crippen LogP contribution in [0.15, 0.2) is 35.1 Å². The van der Waals surface area contributed by atoms with Crippen LogP contribution in [0.5, 0.6) is 0 Å². The first-order chi connectivity index (χ1) is 13.8. The van der Waals surface area contributed by atoms with Crippen molar-refractivity contribution in [3.05, 3.63) is 73.5 Å². The zero-order valence-electron chi connectivity index (χ0n) is 16.9. The van der Waals surface area contributed by atoms with Gasteiger partial charge in [0, 0.05) is 46.9 Å². The Labute approximate surface area is 174 Å². The highest BCUT2D eigenvalue weighted by Crippen LogP contribution is 2.25. The van der Waals surface area contributed by atoms with Crippen molar-refractivity contribution >= 4 is 34.1 Å². The van der Waals surface area contributed by atoms with E-state index in [0.29, 0.717) is 29.9 Å². The zero-order chi connectivity index (χ0) is 20.7. The smallest absolute Gasteiger partial charge is 0.238 e. The van der Waals surface area contributed by atoms with Crippen LogP contribution in [-0.2, 0) is 17.8 Å². The van der Waals surface area contributed by atoms with Crippen LogP contribution < -0.4 is 10.7 Å². The van der Waals surface area contributed by atoms with Gasteiger partial charge in [0.2, 0.25) is 5.91 Å². The molecule has 1 aromatic heterocycles. The second-order valence-corrected chi connectivity index (χ2v) is 8.22. The molecule has 150 valence electrons. The predicted octanol–water partition coefficient (Wildman–Crippen LogP) is 4.10.